The van der Waals surface area contributed by atoms with E-state index in [0.29, 0.717) is 0 Å². The SMILES string of the molecule is NC(=O)C1CCN(CCc2cccc3c2OC2=CCCC=C2O3)CC1. The molecule has 5 nitrogen and oxygen atoms in total. The van der Waals surface area contributed by atoms with Gasteiger partial charge in [-0.15, -0.1) is 0 Å². The molecule has 0 atom stereocenters. The quantitative estimate of drug-likeness (QED) is 0.915. The summed E-state index contributed by atoms with van der Waals surface area (Å²) in [6.45, 7) is 2.81. The first-order valence-electron chi connectivity index (χ1n) is 9.10. The van der Waals surface area contributed by atoms with E-state index >= 15 is 0 Å². The molecule has 1 aliphatic carbocycles. The van der Waals surface area contributed by atoms with E-state index in [1.54, 1.807) is 0 Å². The van der Waals surface area contributed by atoms with E-state index in [1.165, 1.54) is 5.56 Å². The van der Waals surface area contributed by atoms with Crippen molar-refractivity contribution in [3.05, 3.63) is 47.4 Å². The van der Waals surface area contributed by atoms with Crippen molar-refractivity contribution in [1.82, 2.24) is 4.90 Å². The number of nitrogens with zero attached hydrogens (tertiary/aromatic N) is 1. The summed E-state index contributed by atoms with van der Waals surface area (Å²) in [5, 5.41) is 0. The number of allylic oxidation sites excluding steroid dienone is 2. The van der Waals surface area contributed by atoms with Crippen molar-refractivity contribution in [3.8, 4) is 11.5 Å². The number of hydrogen-bond acceptors (Lipinski definition) is 4. The van der Waals surface area contributed by atoms with Crippen LogP contribution in [0.2, 0.25) is 0 Å². The lowest BCUT2D eigenvalue weighted by atomic mass is 9.96. The van der Waals surface area contributed by atoms with Crippen molar-refractivity contribution in [2.75, 3.05) is 19.6 Å². The van der Waals surface area contributed by atoms with Gasteiger partial charge in [-0.3, -0.25) is 4.79 Å². The minimum absolute atomic E-state index is 0.0425. The number of carbonyl (C=O) groups is 1. The highest BCUT2D eigenvalue weighted by Crippen LogP contribution is 2.41. The summed E-state index contributed by atoms with van der Waals surface area (Å²) < 4.78 is 12.2. The van der Waals surface area contributed by atoms with Gasteiger partial charge in [0.05, 0.1) is 0 Å². The van der Waals surface area contributed by atoms with E-state index in [-0.39, 0.29) is 11.8 Å². The predicted molar refractivity (Wildman–Crippen MR) is 95.2 cm³/mol. The summed E-state index contributed by atoms with van der Waals surface area (Å²) in [5.41, 5.74) is 6.58. The van der Waals surface area contributed by atoms with Gasteiger partial charge in [0.15, 0.2) is 23.0 Å². The molecule has 0 spiro atoms. The highest BCUT2D eigenvalue weighted by atomic mass is 16.6. The first-order chi connectivity index (χ1) is 12.2. The number of carbonyl (C=O) groups excluding carboxylic acids is 1. The number of rotatable bonds is 4. The van der Waals surface area contributed by atoms with Gasteiger partial charge in [-0.05, 0) is 69.0 Å². The van der Waals surface area contributed by atoms with Gasteiger partial charge in [-0.1, -0.05) is 12.1 Å². The molecule has 0 radical (unpaired) electrons. The van der Waals surface area contributed by atoms with Gasteiger partial charge in [0.2, 0.25) is 5.91 Å². The van der Waals surface area contributed by atoms with Crippen molar-refractivity contribution in [1.29, 1.82) is 0 Å². The van der Waals surface area contributed by atoms with Crippen LogP contribution in [0.25, 0.3) is 0 Å². The fourth-order valence-corrected chi connectivity index (χ4v) is 3.72. The van der Waals surface area contributed by atoms with Crippen LogP contribution in [0.4, 0.5) is 0 Å². The number of likely N-dealkylation sites (tertiary alicyclic amines) is 1. The third-order valence-electron chi connectivity index (χ3n) is 5.25. The zero-order valence-corrected chi connectivity index (χ0v) is 14.4. The summed E-state index contributed by atoms with van der Waals surface area (Å²) in [6.07, 6.45) is 8.82. The van der Waals surface area contributed by atoms with E-state index in [0.717, 1.165) is 74.8 Å². The maximum Gasteiger partial charge on any atom is 0.220 e. The van der Waals surface area contributed by atoms with Crippen LogP contribution in [0.15, 0.2) is 41.9 Å². The van der Waals surface area contributed by atoms with Gasteiger partial charge in [0.25, 0.3) is 0 Å². The predicted octanol–water partition coefficient (Wildman–Crippen LogP) is 2.76. The lowest BCUT2D eigenvalue weighted by Gasteiger charge is -2.31. The molecule has 0 aromatic heterocycles. The number of benzene rings is 1. The molecule has 2 aliphatic heterocycles. The summed E-state index contributed by atoms with van der Waals surface area (Å²) in [7, 11) is 0. The molecule has 2 heterocycles. The third-order valence-corrected chi connectivity index (χ3v) is 5.25. The molecule has 25 heavy (non-hydrogen) atoms. The standard InChI is InChI=1S/C20H24N2O3/c21-20(23)15-9-12-22(13-10-15)11-8-14-4-3-7-18-19(14)25-17-6-2-1-5-16(17)24-18/h3-7,15H,1-2,8-13H2,(H2,21,23). The summed E-state index contributed by atoms with van der Waals surface area (Å²) >= 11 is 0. The van der Waals surface area contributed by atoms with Crippen LogP contribution < -0.4 is 15.2 Å². The normalized spacial score (nSPS) is 20.5. The van der Waals surface area contributed by atoms with Crippen molar-refractivity contribution < 1.29 is 14.3 Å². The molecule has 132 valence electrons. The molecule has 1 aromatic rings. The van der Waals surface area contributed by atoms with Crippen LogP contribution in [0.1, 0.15) is 31.2 Å². The number of piperidine rings is 1. The maximum atomic E-state index is 11.3. The molecule has 4 rings (SSSR count). The minimum atomic E-state index is -0.160. The van der Waals surface area contributed by atoms with Crippen LogP contribution >= 0.6 is 0 Å². The molecule has 0 saturated carbocycles. The number of ether oxygens (including phenoxy) is 2. The van der Waals surface area contributed by atoms with Crippen LogP contribution in [0.3, 0.4) is 0 Å². The minimum Gasteiger partial charge on any atom is -0.450 e. The molecular formula is C20H24N2O3. The summed E-state index contributed by atoms with van der Waals surface area (Å²) in [4.78, 5) is 13.7. The average Bonchev–Trinajstić information content (AvgIpc) is 2.65. The molecule has 1 saturated heterocycles. The molecule has 1 amide bonds. The number of nitrogens with two attached hydrogens (primary N) is 1. The van der Waals surface area contributed by atoms with E-state index in [4.69, 9.17) is 15.2 Å². The highest BCUT2D eigenvalue weighted by molar-refractivity contribution is 5.76. The van der Waals surface area contributed by atoms with Crippen molar-refractivity contribution in [3.63, 3.8) is 0 Å². The van der Waals surface area contributed by atoms with Crippen LogP contribution in [-0.4, -0.2) is 30.4 Å². The number of primary amides is 1. The Bertz CT molecular complexity index is 730. The molecule has 1 aromatic carbocycles. The largest absolute Gasteiger partial charge is 0.450 e. The second kappa shape index (κ2) is 6.92. The second-order valence-electron chi connectivity index (χ2n) is 6.93. The lowest BCUT2D eigenvalue weighted by Crippen LogP contribution is -2.39. The van der Waals surface area contributed by atoms with E-state index < -0.39 is 0 Å². The number of hydrogen-bond donors (Lipinski definition) is 1. The molecule has 0 bridgehead atoms. The molecule has 2 N–H and O–H groups in total. The number of amides is 1. The topological polar surface area (TPSA) is 64.8 Å². The zero-order chi connectivity index (χ0) is 17.2. The Morgan fingerprint density at radius 2 is 1.84 bits per heavy atom. The van der Waals surface area contributed by atoms with Gasteiger partial charge in [-0.2, -0.15) is 0 Å². The first kappa shape index (κ1) is 16.2. The molecule has 3 aliphatic rings. The Kier molecular flexibility index (Phi) is 4.49. The molecular weight excluding hydrogens is 316 g/mol. The Morgan fingerprint density at radius 1 is 1.12 bits per heavy atom. The van der Waals surface area contributed by atoms with E-state index in [9.17, 15) is 4.79 Å². The van der Waals surface area contributed by atoms with E-state index in [2.05, 4.69) is 23.1 Å². The van der Waals surface area contributed by atoms with Crippen LogP contribution in [0.5, 0.6) is 11.5 Å². The zero-order valence-electron chi connectivity index (χ0n) is 14.4. The number of fused-ring (bicyclic) bond motifs is 2. The number of para-hydroxylation sites is 1. The summed E-state index contributed by atoms with van der Waals surface area (Å²) in [5.74, 6) is 3.21. The Balaban J connectivity index is 1.42. The monoisotopic (exact) mass is 340 g/mol. The van der Waals surface area contributed by atoms with E-state index in [1.807, 2.05) is 12.1 Å². The fourth-order valence-electron chi connectivity index (χ4n) is 3.72. The fraction of sp³-hybridized carbons (Fsp3) is 0.450. The van der Waals surface area contributed by atoms with Crippen molar-refractivity contribution in [2.24, 2.45) is 11.7 Å². The first-order valence-corrected chi connectivity index (χ1v) is 9.10. The summed E-state index contributed by atoms with van der Waals surface area (Å²) in [6, 6.07) is 6.09. The Labute approximate surface area is 148 Å². The van der Waals surface area contributed by atoms with Gasteiger partial charge in [0.1, 0.15) is 0 Å². The lowest BCUT2D eigenvalue weighted by molar-refractivity contribution is -0.123. The third kappa shape index (κ3) is 3.42. The molecule has 5 heteroatoms. The second-order valence-corrected chi connectivity index (χ2v) is 6.93. The maximum absolute atomic E-state index is 11.3. The van der Waals surface area contributed by atoms with Crippen molar-refractivity contribution >= 4 is 5.91 Å². The smallest absolute Gasteiger partial charge is 0.220 e. The van der Waals surface area contributed by atoms with Gasteiger partial charge in [-0.25, -0.2) is 0 Å². The highest BCUT2D eigenvalue weighted by Gasteiger charge is 2.26. The Morgan fingerprint density at radius 3 is 2.56 bits per heavy atom. The van der Waals surface area contributed by atoms with Gasteiger partial charge >= 0.3 is 0 Å². The molecule has 0 unspecified atom stereocenters. The average molecular weight is 340 g/mol. The van der Waals surface area contributed by atoms with Crippen molar-refractivity contribution in [2.45, 2.75) is 32.1 Å². The molecule has 1 fully saturated rings. The van der Waals surface area contributed by atoms with Gasteiger partial charge in [0, 0.05) is 12.5 Å². The Hall–Kier alpha value is -2.27. The van der Waals surface area contributed by atoms with Crippen LogP contribution in [0, 0.1) is 5.92 Å². The van der Waals surface area contributed by atoms with Gasteiger partial charge < -0.3 is 20.1 Å². The van der Waals surface area contributed by atoms with Crippen LogP contribution in [-0.2, 0) is 11.2 Å².